The average molecular weight is 369 g/mol. The lowest BCUT2D eigenvalue weighted by molar-refractivity contribution is 0.102. The lowest BCUT2D eigenvalue weighted by Gasteiger charge is -2.18. The second kappa shape index (κ2) is 6.12. The van der Waals surface area contributed by atoms with Crippen LogP contribution in [0.15, 0.2) is 35.1 Å². The van der Waals surface area contributed by atoms with E-state index in [2.05, 4.69) is 31.2 Å². The number of hydrogen-bond acceptors (Lipinski definition) is 3. The summed E-state index contributed by atoms with van der Waals surface area (Å²) in [7, 11) is 0. The van der Waals surface area contributed by atoms with Gasteiger partial charge in [-0.3, -0.25) is 4.79 Å². The molecule has 110 valence electrons. The molecule has 0 saturated heterocycles. The van der Waals surface area contributed by atoms with Crippen molar-refractivity contribution in [2.75, 3.05) is 5.32 Å². The Hall–Kier alpha value is -1.46. The summed E-state index contributed by atoms with van der Waals surface area (Å²) in [6.45, 7) is 6.06. The lowest BCUT2D eigenvalue weighted by atomic mass is 9.91. The number of nitrogens with one attached hydrogen (secondary N) is 1. The first-order valence-corrected chi connectivity index (χ1v) is 7.54. The Morgan fingerprint density at radius 2 is 2.05 bits per heavy atom. The van der Waals surface area contributed by atoms with Gasteiger partial charge in [0.25, 0.3) is 5.91 Å². The van der Waals surface area contributed by atoms with Crippen LogP contribution in [0.3, 0.4) is 0 Å². The van der Waals surface area contributed by atoms with Crippen molar-refractivity contribution in [1.29, 1.82) is 0 Å². The van der Waals surface area contributed by atoms with Gasteiger partial charge in [-0.25, -0.2) is 9.97 Å². The third-order valence-corrected chi connectivity index (χ3v) is 3.66. The second-order valence-electron chi connectivity index (χ2n) is 5.61. The van der Waals surface area contributed by atoms with Gasteiger partial charge in [0.1, 0.15) is 9.76 Å². The first kappa shape index (κ1) is 15.9. The fourth-order valence-corrected chi connectivity index (χ4v) is 2.24. The summed E-state index contributed by atoms with van der Waals surface area (Å²) in [5.41, 5.74) is 1.66. The van der Waals surface area contributed by atoms with E-state index in [0.29, 0.717) is 21.0 Å². The quantitative estimate of drug-likeness (QED) is 0.797. The number of anilines is 1. The second-order valence-corrected chi connectivity index (χ2v) is 6.75. The first-order valence-electron chi connectivity index (χ1n) is 6.37. The highest BCUT2D eigenvalue weighted by Crippen LogP contribution is 2.24. The summed E-state index contributed by atoms with van der Waals surface area (Å²) in [6.07, 6.45) is 1.64. The Morgan fingerprint density at radius 1 is 1.33 bits per heavy atom. The standard InChI is InChI=1S/C15H15BrClN3O/c1-15(2,3)11-7-9(8-12(17)20-11)14(21)19-10-5-4-6-18-13(10)16/h4-8H,1-3H3,(H,19,21). The molecule has 2 heterocycles. The minimum Gasteiger partial charge on any atom is -0.320 e. The van der Waals surface area contributed by atoms with Gasteiger partial charge in [-0.15, -0.1) is 0 Å². The van der Waals surface area contributed by atoms with E-state index < -0.39 is 0 Å². The normalized spacial score (nSPS) is 11.3. The van der Waals surface area contributed by atoms with Crippen molar-refractivity contribution in [3.05, 3.63) is 51.5 Å². The van der Waals surface area contributed by atoms with Gasteiger partial charge >= 0.3 is 0 Å². The highest BCUT2D eigenvalue weighted by molar-refractivity contribution is 9.10. The fourth-order valence-electron chi connectivity index (χ4n) is 1.69. The molecular weight excluding hydrogens is 354 g/mol. The third kappa shape index (κ3) is 4.02. The monoisotopic (exact) mass is 367 g/mol. The highest BCUT2D eigenvalue weighted by Gasteiger charge is 2.19. The summed E-state index contributed by atoms with van der Waals surface area (Å²) < 4.78 is 0.578. The maximum atomic E-state index is 12.4. The molecule has 0 saturated carbocycles. The molecule has 0 radical (unpaired) electrons. The van der Waals surface area contributed by atoms with Gasteiger partial charge in [0.05, 0.1) is 5.69 Å². The molecule has 0 spiro atoms. The Labute approximate surface area is 137 Å². The van der Waals surface area contributed by atoms with Gasteiger partial charge in [-0.05, 0) is 40.2 Å². The molecule has 2 rings (SSSR count). The molecule has 0 aliphatic carbocycles. The van der Waals surface area contributed by atoms with E-state index in [-0.39, 0.29) is 11.3 Å². The lowest BCUT2D eigenvalue weighted by Crippen LogP contribution is -2.18. The van der Waals surface area contributed by atoms with Crippen LogP contribution in [0.4, 0.5) is 5.69 Å². The van der Waals surface area contributed by atoms with E-state index in [0.717, 1.165) is 5.69 Å². The number of carbonyl (C=O) groups is 1. The molecule has 0 atom stereocenters. The van der Waals surface area contributed by atoms with Crippen molar-refractivity contribution in [1.82, 2.24) is 9.97 Å². The largest absolute Gasteiger partial charge is 0.320 e. The topological polar surface area (TPSA) is 54.9 Å². The van der Waals surface area contributed by atoms with E-state index in [1.165, 1.54) is 0 Å². The molecular formula is C15H15BrClN3O. The predicted octanol–water partition coefficient (Wildman–Crippen LogP) is 4.44. The molecule has 1 N–H and O–H groups in total. The number of amides is 1. The molecule has 4 nitrogen and oxygen atoms in total. The molecule has 6 heteroatoms. The van der Waals surface area contributed by atoms with Gasteiger partial charge in [-0.1, -0.05) is 32.4 Å². The highest BCUT2D eigenvalue weighted by atomic mass is 79.9. The van der Waals surface area contributed by atoms with E-state index in [1.54, 1.807) is 30.5 Å². The van der Waals surface area contributed by atoms with Crippen LogP contribution in [0.1, 0.15) is 36.8 Å². The molecule has 21 heavy (non-hydrogen) atoms. The predicted molar refractivity (Wildman–Crippen MR) is 87.8 cm³/mol. The van der Waals surface area contributed by atoms with Crippen molar-refractivity contribution in [3.63, 3.8) is 0 Å². The number of carbonyl (C=O) groups excluding carboxylic acids is 1. The van der Waals surface area contributed by atoms with Crippen molar-refractivity contribution >= 4 is 39.1 Å². The van der Waals surface area contributed by atoms with Gasteiger partial charge in [0.2, 0.25) is 0 Å². The molecule has 0 bridgehead atoms. The van der Waals surface area contributed by atoms with Crippen LogP contribution in [0.25, 0.3) is 0 Å². The van der Waals surface area contributed by atoms with E-state index >= 15 is 0 Å². The summed E-state index contributed by atoms with van der Waals surface area (Å²) in [5.74, 6) is -0.251. The van der Waals surface area contributed by atoms with Crippen LogP contribution in [0.2, 0.25) is 5.15 Å². The molecule has 0 aliphatic rings. The Bertz CT molecular complexity index is 683. The zero-order valence-corrected chi connectivity index (χ0v) is 14.3. The van der Waals surface area contributed by atoms with E-state index in [1.807, 2.05) is 20.8 Å². The summed E-state index contributed by atoms with van der Waals surface area (Å²) >= 11 is 9.32. The number of halogens is 2. The first-order chi connectivity index (χ1) is 9.77. The third-order valence-electron chi connectivity index (χ3n) is 2.83. The van der Waals surface area contributed by atoms with Crippen LogP contribution in [-0.2, 0) is 5.41 Å². The molecule has 0 aliphatic heterocycles. The number of rotatable bonds is 2. The molecule has 0 aromatic carbocycles. The maximum Gasteiger partial charge on any atom is 0.255 e. The van der Waals surface area contributed by atoms with Crippen LogP contribution in [0, 0.1) is 0 Å². The van der Waals surface area contributed by atoms with Gasteiger partial charge in [-0.2, -0.15) is 0 Å². The van der Waals surface area contributed by atoms with Crippen LogP contribution in [-0.4, -0.2) is 15.9 Å². The fraction of sp³-hybridized carbons (Fsp3) is 0.267. The van der Waals surface area contributed by atoms with Crippen molar-refractivity contribution in [3.8, 4) is 0 Å². The molecule has 0 fully saturated rings. The summed E-state index contributed by atoms with van der Waals surface area (Å²) in [5, 5.41) is 3.10. The van der Waals surface area contributed by atoms with Gasteiger partial charge in [0, 0.05) is 22.9 Å². The number of pyridine rings is 2. The Morgan fingerprint density at radius 3 is 2.67 bits per heavy atom. The van der Waals surface area contributed by atoms with Crippen molar-refractivity contribution in [2.24, 2.45) is 0 Å². The van der Waals surface area contributed by atoms with Crippen molar-refractivity contribution in [2.45, 2.75) is 26.2 Å². The van der Waals surface area contributed by atoms with Crippen LogP contribution in [0.5, 0.6) is 0 Å². The van der Waals surface area contributed by atoms with E-state index in [4.69, 9.17) is 11.6 Å². The Balaban J connectivity index is 2.32. The van der Waals surface area contributed by atoms with Crippen LogP contribution < -0.4 is 5.32 Å². The molecule has 0 unspecified atom stereocenters. The molecule has 2 aromatic rings. The smallest absolute Gasteiger partial charge is 0.255 e. The zero-order valence-electron chi connectivity index (χ0n) is 11.9. The van der Waals surface area contributed by atoms with E-state index in [9.17, 15) is 4.79 Å². The summed E-state index contributed by atoms with van der Waals surface area (Å²) in [6, 6.07) is 6.82. The SMILES string of the molecule is CC(C)(C)c1cc(C(=O)Nc2cccnc2Br)cc(Cl)n1. The minimum atomic E-state index is -0.251. The van der Waals surface area contributed by atoms with Gasteiger partial charge in [0.15, 0.2) is 0 Å². The summed E-state index contributed by atoms with van der Waals surface area (Å²) in [4.78, 5) is 20.7. The van der Waals surface area contributed by atoms with Crippen LogP contribution >= 0.6 is 27.5 Å². The van der Waals surface area contributed by atoms with Crippen molar-refractivity contribution < 1.29 is 4.79 Å². The average Bonchev–Trinajstić information content (AvgIpc) is 2.39. The maximum absolute atomic E-state index is 12.4. The van der Waals surface area contributed by atoms with Gasteiger partial charge < -0.3 is 5.32 Å². The number of aromatic nitrogens is 2. The minimum absolute atomic E-state index is 0.186. The zero-order chi connectivity index (χ0) is 15.6. The Kier molecular flexibility index (Phi) is 4.64. The number of nitrogens with zero attached hydrogens (tertiary/aromatic N) is 2. The number of hydrogen-bond donors (Lipinski definition) is 1. The molecule has 1 amide bonds. The molecule has 2 aromatic heterocycles.